The van der Waals surface area contributed by atoms with Crippen LogP contribution in [0.1, 0.15) is 23.2 Å². The third-order valence-corrected chi connectivity index (χ3v) is 3.55. The third kappa shape index (κ3) is 3.85. The number of Topliss-reactive ketones (excluding diaryl/α,β-unsaturated/α-hetero) is 1. The number of hydrogen-bond acceptors (Lipinski definition) is 3. The van der Waals surface area contributed by atoms with Gasteiger partial charge in [-0.3, -0.25) is 9.69 Å². The number of piperidine rings is 1. The standard InChI is InChI=1S/C15H20FNO2/c1-19-11-12-5-4-8-17(9-12)10-15(18)13-6-2-3-7-14(13)16/h2-3,6-7,12H,4-5,8-11H2,1H3. The average molecular weight is 265 g/mol. The van der Waals surface area contributed by atoms with Crippen LogP contribution in [-0.2, 0) is 4.74 Å². The third-order valence-electron chi connectivity index (χ3n) is 3.55. The molecule has 0 aromatic heterocycles. The summed E-state index contributed by atoms with van der Waals surface area (Å²) in [7, 11) is 1.70. The highest BCUT2D eigenvalue weighted by Crippen LogP contribution is 2.17. The van der Waals surface area contributed by atoms with Crippen LogP contribution in [0.15, 0.2) is 24.3 Å². The van der Waals surface area contributed by atoms with E-state index in [1.807, 2.05) is 0 Å². The number of halogens is 1. The average Bonchev–Trinajstić information content (AvgIpc) is 2.40. The van der Waals surface area contributed by atoms with Crippen molar-refractivity contribution in [2.45, 2.75) is 12.8 Å². The summed E-state index contributed by atoms with van der Waals surface area (Å²) in [6, 6.07) is 6.17. The highest BCUT2D eigenvalue weighted by atomic mass is 19.1. The van der Waals surface area contributed by atoms with E-state index in [2.05, 4.69) is 4.90 Å². The van der Waals surface area contributed by atoms with E-state index in [0.717, 1.165) is 32.5 Å². The zero-order valence-electron chi connectivity index (χ0n) is 11.3. The Balaban J connectivity index is 1.93. The maximum absolute atomic E-state index is 13.5. The maximum atomic E-state index is 13.5. The Labute approximate surface area is 113 Å². The van der Waals surface area contributed by atoms with Crippen LogP contribution in [0.5, 0.6) is 0 Å². The van der Waals surface area contributed by atoms with Gasteiger partial charge in [0.2, 0.25) is 0 Å². The van der Waals surface area contributed by atoms with Crippen molar-refractivity contribution in [3.63, 3.8) is 0 Å². The molecule has 0 N–H and O–H groups in total. The second-order valence-corrected chi connectivity index (χ2v) is 5.10. The molecule has 0 aliphatic carbocycles. The van der Waals surface area contributed by atoms with Gasteiger partial charge in [0.15, 0.2) is 5.78 Å². The summed E-state index contributed by atoms with van der Waals surface area (Å²) in [5.41, 5.74) is 0.191. The minimum Gasteiger partial charge on any atom is -0.384 e. The molecule has 0 spiro atoms. The molecule has 1 fully saturated rings. The first-order valence-corrected chi connectivity index (χ1v) is 6.69. The van der Waals surface area contributed by atoms with Crippen LogP contribution in [0, 0.1) is 11.7 Å². The van der Waals surface area contributed by atoms with Gasteiger partial charge in [-0.2, -0.15) is 0 Å². The fourth-order valence-corrected chi connectivity index (χ4v) is 2.64. The molecule has 1 saturated heterocycles. The highest BCUT2D eigenvalue weighted by Gasteiger charge is 2.22. The van der Waals surface area contributed by atoms with Gasteiger partial charge in [-0.15, -0.1) is 0 Å². The van der Waals surface area contributed by atoms with Gasteiger partial charge < -0.3 is 4.74 Å². The summed E-state index contributed by atoms with van der Waals surface area (Å²) in [5.74, 6) is -0.0960. The molecule has 0 amide bonds. The molecule has 1 atom stereocenters. The van der Waals surface area contributed by atoms with Crippen molar-refractivity contribution in [2.24, 2.45) is 5.92 Å². The van der Waals surface area contributed by atoms with Crippen LogP contribution in [0.2, 0.25) is 0 Å². The molecule has 0 bridgehead atoms. The molecule has 104 valence electrons. The molecule has 1 aromatic carbocycles. The number of carbonyl (C=O) groups is 1. The first-order chi connectivity index (χ1) is 9.20. The van der Waals surface area contributed by atoms with E-state index in [1.165, 1.54) is 6.07 Å². The molecule has 1 aliphatic rings. The predicted molar refractivity (Wildman–Crippen MR) is 71.8 cm³/mol. The Morgan fingerprint density at radius 3 is 3.00 bits per heavy atom. The fraction of sp³-hybridized carbons (Fsp3) is 0.533. The van der Waals surface area contributed by atoms with Gasteiger partial charge in [0, 0.05) is 13.7 Å². The number of rotatable bonds is 5. The molecule has 4 heteroatoms. The molecule has 1 unspecified atom stereocenters. The minimum absolute atomic E-state index is 0.142. The highest BCUT2D eigenvalue weighted by molar-refractivity contribution is 5.97. The molecule has 1 aromatic rings. The van der Waals surface area contributed by atoms with E-state index in [1.54, 1.807) is 25.3 Å². The molecule has 0 radical (unpaired) electrons. The van der Waals surface area contributed by atoms with Gasteiger partial charge >= 0.3 is 0 Å². The van der Waals surface area contributed by atoms with Crippen molar-refractivity contribution in [3.8, 4) is 0 Å². The fourth-order valence-electron chi connectivity index (χ4n) is 2.64. The van der Waals surface area contributed by atoms with E-state index < -0.39 is 5.82 Å². The van der Waals surface area contributed by atoms with E-state index in [9.17, 15) is 9.18 Å². The van der Waals surface area contributed by atoms with E-state index in [0.29, 0.717) is 12.5 Å². The van der Waals surface area contributed by atoms with Gasteiger partial charge in [0.05, 0.1) is 18.7 Å². The van der Waals surface area contributed by atoms with Crippen molar-refractivity contribution in [3.05, 3.63) is 35.6 Å². The monoisotopic (exact) mass is 265 g/mol. The number of nitrogens with zero attached hydrogens (tertiary/aromatic N) is 1. The topological polar surface area (TPSA) is 29.5 Å². The number of ether oxygens (including phenoxy) is 1. The molecular formula is C15H20FNO2. The Morgan fingerprint density at radius 2 is 2.26 bits per heavy atom. The van der Waals surface area contributed by atoms with Crippen LogP contribution < -0.4 is 0 Å². The number of carbonyl (C=O) groups excluding carboxylic acids is 1. The van der Waals surface area contributed by atoms with Crippen molar-refractivity contribution in [1.82, 2.24) is 4.90 Å². The summed E-state index contributed by atoms with van der Waals surface area (Å²) >= 11 is 0. The molecular weight excluding hydrogens is 245 g/mol. The molecule has 19 heavy (non-hydrogen) atoms. The number of hydrogen-bond donors (Lipinski definition) is 0. The lowest BCUT2D eigenvalue weighted by molar-refractivity contribution is 0.0755. The van der Waals surface area contributed by atoms with Crippen LogP contribution in [0.3, 0.4) is 0 Å². The Bertz CT molecular complexity index is 434. The first kappa shape index (κ1) is 14.2. The number of benzene rings is 1. The first-order valence-electron chi connectivity index (χ1n) is 6.69. The van der Waals surface area contributed by atoms with Gasteiger partial charge in [-0.25, -0.2) is 4.39 Å². The van der Waals surface area contributed by atoms with Crippen molar-refractivity contribution in [1.29, 1.82) is 0 Å². The van der Waals surface area contributed by atoms with Crippen molar-refractivity contribution in [2.75, 3.05) is 33.4 Å². The lowest BCUT2D eigenvalue weighted by Gasteiger charge is -2.31. The smallest absolute Gasteiger partial charge is 0.179 e. The molecule has 0 saturated carbocycles. The van der Waals surface area contributed by atoms with Crippen molar-refractivity contribution < 1.29 is 13.9 Å². The second-order valence-electron chi connectivity index (χ2n) is 5.10. The minimum atomic E-state index is -0.432. The van der Waals surface area contributed by atoms with Gasteiger partial charge in [0.25, 0.3) is 0 Å². The molecule has 2 rings (SSSR count). The van der Waals surface area contributed by atoms with Crippen molar-refractivity contribution >= 4 is 5.78 Å². The largest absolute Gasteiger partial charge is 0.384 e. The zero-order chi connectivity index (χ0) is 13.7. The maximum Gasteiger partial charge on any atom is 0.179 e. The molecule has 1 heterocycles. The lowest BCUT2D eigenvalue weighted by atomic mass is 9.98. The van der Waals surface area contributed by atoms with Gasteiger partial charge in [-0.05, 0) is 37.4 Å². The Hall–Kier alpha value is -1.26. The Morgan fingerprint density at radius 1 is 1.47 bits per heavy atom. The van der Waals surface area contributed by atoms with Gasteiger partial charge in [-0.1, -0.05) is 12.1 Å². The molecule has 3 nitrogen and oxygen atoms in total. The lowest BCUT2D eigenvalue weighted by Crippen LogP contribution is -2.40. The summed E-state index contributed by atoms with van der Waals surface area (Å²) in [4.78, 5) is 14.2. The predicted octanol–water partition coefficient (Wildman–Crippen LogP) is 2.37. The number of ketones is 1. The van der Waals surface area contributed by atoms with E-state index >= 15 is 0 Å². The van der Waals surface area contributed by atoms with Gasteiger partial charge in [0.1, 0.15) is 5.82 Å². The number of likely N-dealkylation sites (tertiary alicyclic amines) is 1. The van der Waals surface area contributed by atoms with E-state index in [-0.39, 0.29) is 11.3 Å². The molecule has 1 aliphatic heterocycles. The summed E-state index contributed by atoms with van der Waals surface area (Å²) in [5, 5.41) is 0. The summed E-state index contributed by atoms with van der Waals surface area (Å²) in [6.45, 7) is 2.78. The van der Waals surface area contributed by atoms with Crippen LogP contribution in [0.25, 0.3) is 0 Å². The van der Waals surface area contributed by atoms with Crippen LogP contribution in [0.4, 0.5) is 4.39 Å². The summed E-state index contributed by atoms with van der Waals surface area (Å²) in [6.07, 6.45) is 2.21. The summed E-state index contributed by atoms with van der Waals surface area (Å²) < 4.78 is 18.7. The SMILES string of the molecule is COCC1CCCN(CC(=O)c2ccccc2F)C1. The second kappa shape index (κ2) is 6.78. The number of methoxy groups -OCH3 is 1. The Kier molecular flexibility index (Phi) is 5.05. The van der Waals surface area contributed by atoms with Crippen LogP contribution >= 0.6 is 0 Å². The quantitative estimate of drug-likeness (QED) is 0.765. The van der Waals surface area contributed by atoms with Crippen LogP contribution in [-0.4, -0.2) is 44.0 Å². The van der Waals surface area contributed by atoms with E-state index in [4.69, 9.17) is 4.74 Å². The zero-order valence-corrected chi connectivity index (χ0v) is 11.3. The normalized spacial score (nSPS) is 20.4.